The van der Waals surface area contributed by atoms with E-state index in [-0.39, 0.29) is 24.1 Å². The molecule has 7 rings (SSSR count). The number of benzene rings is 2. The number of hydrogen-bond acceptors (Lipinski definition) is 3. The van der Waals surface area contributed by atoms with E-state index in [2.05, 4.69) is 0 Å². The highest BCUT2D eigenvalue weighted by Crippen LogP contribution is 2.60. The van der Waals surface area contributed by atoms with Crippen molar-refractivity contribution in [2.75, 3.05) is 11.4 Å². The van der Waals surface area contributed by atoms with Gasteiger partial charge in [-0.25, -0.2) is 9.29 Å². The molecule has 3 amide bonds. The third-order valence-electron chi connectivity index (χ3n) is 8.82. The zero-order valence-corrected chi connectivity index (χ0v) is 19.9. The Morgan fingerprint density at radius 3 is 2.11 bits per heavy atom. The zero-order chi connectivity index (χ0) is 24.2. The predicted octanol–water partition coefficient (Wildman–Crippen LogP) is 4.75. The zero-order valence-electron chi connectivity index (χ0n) is 19.9. The van der Waals surface area contributed by atoms with Crippen LogP contribution in [0.25, 0.3) is 0 Å². The summed E-state index contributed by atoms with van der Waals surface area (Å²) in [7, 11) is 0. The van der Waals surface area contributed by atoms with Gasteiger partial charge in [-0.3, -0.25) is 14.4 Å². The average molecular weight is 475 g/mol. The summed E-state index contributed by atoms with van der Waals surface area (Å²) in [6, 6.07) is 14.5. The lowest BCUT2D eigenvalue weighted by molar-refractivity contribution is -0.161. The molecule has 0 spiro atoms. The minimum Gasteiger partial charge on any atom is -0.329 e. The SMILES string of the molecule is O=C1CC(N(CCc2ccccc2)C(=O)C23CC4CC(CC(C4)C2)C3)C(=O)N1c1ccc(F)cc1. The molecule has 0 aromatic heterocycles. The monoisotopic (exact) mass is 474 g/mol. The number of anilines is 1. The molecule has 2 aromatic rings. The highest BCUT2D eigenvalue weighted by atomic mass is 19.1. The van der Waals surface area contributed by atoms with Crippen molar-refractivity contribution in [3.8, 4) is 0 Å². The van der Waals surface area contributed by atoms with Crippen molar-refractivity contribution in [3.05, 3.63) is 66.0 Å². The molecule has 1 aliphatic heterocycles. The van der Waals surface area contributed by atoms with Crippen LogP contribution in [0, 0.1) is 29.0 Å². The van der Waals surface area contributed by atoms with Gasteiger partial charge in [0, 0.05) is 6.54 Å². The first-order valence-corrected chi connectivity index (χ1v) is 12.9. The van der Waals surface area contributed by atoms with E-state index in [4.69, 9.17) is 0 Å². The summed E-state index contributed by atoms with van der Waals surface area (Å²) in [5.74, 6) is 0.751. The summed E-state index contributed by atoms with van der Waals surface area (Å²) >= 11 is 0. The van der Waals surface area contributed by atoms with Crippen molar-refractivity contribution in [2.24, 2.45) is 23.2 Å². The first-order chi connectivity index (χ1) is 16.9. The van der Waals surface area contributed by atoms with Crippen LogP contribution in [0.3, 0.4) is 0 Å². The quantitative estimate of drug-likeness (QED) is 0.568. The minimum absolute atomic E-state index is 0.0247. The molecule has 0 N–H and O–H groups in total. The van der Waals surface area contributed by atoms with Gasteiger partial charge in [-0.2, -0.15) is 0 Å². The Morgan fingerprint density at radius 2 is 1.51 bits per heavy atom. The van der Waals surface area contributed by atoms with Gasteiger partial charge in [-0.1, -0.05) is 30.3 Å². The highest BCUT2D eigenvalue weighted by Gasteiger charge is 2.57. The van der Waals surface area contributed by atoms with Crippen LogP contribution in [0.15, 0.2) is 54.6 Å². The standard InChI is InChI=1S/C29H31FN2O3/c30-23-6-8-24(9-7-23)32-26(33)15-25(27(32)34)31(11-10-19-4-2-1-3-5-19)28(35)29-16-20-12-21(17-29)14-22(13-20)18-29/h1-9,20-22,25H,10-18H2. The summed E-state index contributed by atoms with van der Waals surface area (Å²) < 4.78 is 13.5. The van der Waals surface area contributed by atoms with Crippen LogP contribution in [-0.2, 0) is 20.8 Å². The maximum absolute atomic E-state index is 14.3. The van der Waals surface area contributed by atoms with Crippen LogP contribution in [0.1, 0.15) is 50.5 Å². The first kappa shape index (κ1) is 22.4. The largest absolute Gasteiger partial charge is 0.329 e. The molecule has 4 bridgehead atoms. The van der Waals surface area contributed by atoms with Gasteiger partial charge in [-0.15, -0.1) is 0 Å². The normalized spacial score (nSPS) is 31.3. The molecular weight excluding hydrogens is 443 g/mol. The molecule has 0 radical (unpaired) electrons. The number of rotatable bonds is 6. The van der Waals surface area contributed by atoms with E-state index in [0.29, 0.717) is 36.4 Å². The molecule has 5 aliphatic rings. The van der Waals surface area contributed by atoms with Gasteiger partial charge in [0.1, 0.15) is 11.9 Å². The smallest absolute Gasteiger partial charge is 0.257 e. The highest BCUT2D eigenvalue weighted by molar-refractivity contribution is 6.23. The average Bonchev–Trinajstić information content (AvgIpc) is 3.13. The Balaban J connectivity index is 1.30. The summed E-state index contributed by atoms with van der Waals surface area (Å²) in [4.78, 5) is 43.8. The lowest BCUT2D eigenvalue weighted by Gasteiger charge is -2.57. The Bertz CT molecular complexity index is 1110. The molecule has 35 heavy (non-hydrogen) atoms. The molecule has 4 saturated carbocycles. The van der Waals surface area contributed by atoms with Crippen LogP contribution in [-0.4, -0.2) is 35.2 Å². The number of carbonyl (C=O) groups is 3. The fraction of sp³-hybridized carbons (Fsp3) is 0.483. The van der Waals surface area contributed by atoms with Gasteiger partial charge in [0.15, 0.2) is 0 Å². The molecule has 182 valence electrons. The number of amides is 3. The van der Waals surface area contributed by atoms with Crippen molar-refractivity contribution in [1.29, 1.82) is 0 Å². The first-order valence-electron chi connectivity index (χ1n) is 12.9. The maximum Gasteiger partial charge on any atom is 0.257 e. The van der Waals surface area contributed by atoms with E-state index >= 15 is 0 Å². The molecule has 1 unspecified atom stereocenters. The van der Waals surface area contributed by atoms with Gasteiger partial charge in [0.25, 0.3) is 5.91 Å². The third kappa shape index (κ3) is 3.97. The number of nitrogens with zero attached hydrogens (tertiary/aromatic N) is 2. The molecule has 2 aromatic carbocycles. The van der Waals surface area contributed by atoms with Gasteiger partial charge >= 0.3 is 0 Å². The summed E-state index contributed by atoms with van der Waals surface area (Å²) in [5, 5.41) is 0. The van der Waals surface area contributed by atoms with Crippen molar-refractivity contribution in [1.82, 2.24) is 4.90 Å². The molecular formula is C29H31FN2O3. The molecule has 1 heterocycles. The van der Waals surface area contributed by atoms with Gasteiger partial charge in [0.05, 0.1) is 17.5 Å². The summed E-state index contributed by atoms with van der Waals surface area (Å²) in [6.07, 6.45) is 7.04. The van der Waals surface area contributed by atoms with Gasteiger partial charge < -0.3 is 4.90 Å². The lowest BCUT2D eigenvalue weighted by Crippen LogP contribution is -2.58. The van der Waals surface area contributed by atoms with Crippen molar-refractivity contribution >= 4 is 23.4 Å². The summed E-state index contributed by atoms with van der Waals surface area (Å²) in [6.45, 7) is 0.408. The fourth-order valence-corrected chi connectivity index (χ4v) is 7.69. The Hall–Kier alpha value is -3.02. The van der Waals surface area contributed by atoms with E-state index in [1.54, 1.807) is 4.90 Å². The van der Waals surface area contributed by atoms with Gasteiger partial charge in [0.2, 0.25) is 11.8 Å². The Labute approximate surface area is 205 Å². The van der Waals surface area contributed by atoms with Crippen LogP contribution < -0.4 is 4.90 Å². The number of hydrogen-bond donors (Lipinski definition) is 0. The number of carbonyl (C=O) groups excluding carboxylic acids is 3. The summed E-state index contributed by atoms with van der Waals surface area (Å²) in [5.41, 5.74) is 1.06. The fourth-order valence-electron chi connectivity index (χ4n) is 7.69. The Morgan fingerprint density at radius 1 is 0.914 bits per heavy atom. The second-order valence-corrected chi connectivity index (χ2v) is 11.2. The molecule has 5 fully saturated rings. The molecule has 6 heteroatoms. The molecule has 4 aliphatic carbocycles. The van der Waals surface area contributed by atoms with Crippen LogP contribution in [0.4, 0.5) is 10.1 Å². The van der Waals surface area contributed by atoms with E-state index in [1.165, 1.54) is 43.5 Å². The molecule has 1 saturated heterocycles. The Kier molecular flexibility index (Phi) is 5.50. The number of halogens is 1. The predicted molar refractivity (Wildman–Crippen MR) is 130 cm³/mol. The van der Waals surface area contributed by atoms with Crippen molar-refractivity contribution in [2.45, 2.75) is 57.4 Å². The van der Waals surface area contributed by atoms with Gasteiger partial charge in [-0.05, 0) is 92.5 Å². The number of imide groups is 1. The second kappa shape index (κ2) is 8.58. The third-order valence-corrected chi connectivity index (χ3v) is 8.82. The second-order valence-electron chi connectivity index (χ2n) is 11.2. The lowest BCUT2D eigenvalue weighted by atomic mass is 9.49. The van der Waals surface area contributed by atoms with E-state index in [1.807, 2.05) is 30.3 Å². The van der Waals surface area contributed by atoms with Crippen molar-refractivity contribution in [3.63, 3.8) is 0 Å². The topological polar surface area (TPSA) is 57.7 Å². The van der Waals surface area contributed by atoms with E-state index in [0.717, 1.165) is 29.7 Å². The minimum atomic E-state index is -0.809. The molecule has 5 nitrogen and oxygen atoms in total. The molecule has 1 atom stereocenters. The van der Waals surface area contributed by atoms with Crippen LogP contribution in [0.2, 0.25) is 0 Å². The van der Waals surface area contributed by atoms with Crippen LogP contribution >= 0.6 is 0 Å². The van der Waals surface area contributed by atoms with E-state index < -0.39 is 17.3 Å². The van der Waals surface area contributed by atoms with Crippen molar-refractivity contribution < 1.29 is 18.8 Å². The maximum atomic E-state index is 14.3. The van der Waals surface area contributed by atoms with Crippen LogP contribution in [0.5, 0.6) is 0 Å². The van der Waals surface area contributed by atoms with E-state index in [9.17, 15) is 18.8 Å².